The normalized spacial score (nSPS) is 19.4. The molecule has 0 radical (unpaired) electrons. The number of hydrogen-bond acceptors (Lipinski definition) is 9. The van der Waals surface area contributed by atoms with Crippen LogP contribution in [0.1, 0.15) is 13.8 Å². The highest BCUT2D eigenvalue weighted by Gasteiger charge is 2.24. The molecule has 31 heavy (non-hydrogen) atoms. The summed E-state index contributed by atoms with van der Waals surface area (Å²) in [7, 11) is -2.31. The first kappa shape index (κ1) is 22.3. The van der Waals surface area contributed by atoms with Gasteiger partial charge in [-0.2, -0.15) is 4.37 Å². The lowest BCUT2D eigenvalue weighted by molar-refractivity contribution is 0.406. The van der Waals surface area contributed by atoms with Crippen LogP contribution in [0, 0.1) is 0 Å². The molecule has 1 aromatic carbocycles. The zero-order chi connectivity index (χ0) is 22.2. The second-order valence-corrected chi connectivity index (χ2v) is 11.7. The number of thiophene rings is 1. The van der Waals surface area contributed by atoms with Crippen LogP contribution < -0.4 is 19.7 Å². The number of sulfonamides is 1. The van der Waals surface area contributed by atoms with Crippen molar-refractivity contribution in [2.75, 3.05) is 29.8 Å². The third-order valence-corrected chi connectivity index (χ3v) is 8.55. The van der Waals surface area contributed by atoms with E-state index in [4.69, 9.17) is 16.3 Å². The van der Waals surface area contributed by atoms with Crippen molar-refractivity contribution in [1.82, 2.24) is 14.7 Å². The van der Waals surface area contributed by atoms with E-state index in [1.807, 2.05) is 12.1 Å². The van der Waals surface area contributed by atoms with Gasteiger partial charge in [0.15, 0.2) is 5.82 Å². The van der Waals surface area contributed by atoms with Crippen LogP contribution in [0.25, 0.3) is 10.7 Å². The minimum absolute atomic E-state index is 0.158. The maximum absolute atomic E-state index is 13.1. The van der Waals surface area contributed by atoms with Gasteiger partial charge < -0.3 is 15.0 Å². The van der Waals surface area contributed by atoms with Gasteiger partial charge in [0.05, 0.1) is 17.7 Å². The largest absolute Gasteiger partial charge is 0.495 e. The smallest absolute Gasteiger partial charge is 0.271 e. The third kappa shape index (κ3) is 4.96. The van der Waals surface area contributed by atoms with Gasteiger partial charge in [-0.15, -0.1) is 11.3 Å². The van der Waals surface area contributed by atoms with E-state index >= 15 is 0 Å². The molecule has 1 aliphatic heterocycles. The molecule has 166 valence electrons. The van der Waals surface area contributed by atoms with E-state index in [-0.39, 0.29) is 4.21 Å². The van der Waals surface area contributed by atoms with Crippen LogP contribution in [-0.2, 0) is 10.0 Å². The summed E-state index contributed by atoms with van der Waals surface area (Å²) in [5.41, 5.74) is 1.33. The molecule has 0 spiro atoms. The molecular formula is C19H22ClN5O3S3. The average molecular weight is 500 g/mol. The van der Waals surface area contributed by atoms with Gasteiger partial charge >= 0.3 is 0 Å². The maximum atomic E-state index is 13.1. The monoisotopic (exact) mass is 499 g/mol. The summed E-state index contributed by atoms with van der Waals surface area (Å²) in [5, 5.41) is 3.50. The standard InChI is InChI=1S/C19H22ClN5O3S3/c1-11-9-25(10-12(2)21-11)13-4-5-15(28-3)14(8-13)24-31(26,27)17-7-6-16(29-17)18-22-19(20)30-23-18/h4-8,11-12,21,24H,9-10H2,1-3H3/t11-,12+. The van der Waals surface area contributed by atoms with E-state index < -0.39 is 10.0 Å². The number of piperazine rings is 1. The lowest BCUT2D eigenvalue weighted by Gasteiger charge is -2.38. The molecule has 2 aromatic heterocycles. The van der Waals surface area contributed by atoms with Crippen molar-refractivity contribution in [1.29, 1.82) is 0 Å². The lowest BCUT2D eigenvalue weighted by atomic mass is 10.1. The molecule has 0 aliphatic carbocycles. The Morgan fingerprint density at radius 3 is 2.61 bits per heavy atom. The molecule has 4 rings (SSSR count). The molecule has 3 heterocycles. The minimum atomic E-state index is -3.82. The molecule has 1 fully saturated rings. The molecule has 0 bridgehead atoms. The maximum Gasteiger partial charge on any atom is 0.271 e. The first-order chi connectivity index (χ1) is 14.7. The van der Waals surface area contributed by atoms with Crippen molar-refractivity contribution < 1.29 is 13.2 Å². The molecule has 1 saturated heterocycles. The van der Waals surface area contributed by atoms with E-state index in [0.717, 1.165) is 41.6 Å². The Labute approximate surface area is 194 Å². The van der Waals surface area contributed by atoms with Crippen LogP contribution in [0.2, 0.25) is 4.47 Å². The molecule has 0 saturated carbocycles. The first-order valence-corrected chi connectivity index (χ1v) is 13.0. The fourth-order valence-corrected chi connectivity index (χ4v) is 6.57. The quantitative estimate of drug-likeness (QED) is 0.530. The van der Waals surface area contributed by atoms with Crippen molar-refractivity contribution in [3.63, 3.8) is 0 Å². The van der Waals surface area contributed by atoms with Gasteiger partial charge in [-0.3, -0.25) is 4.72 Å². The van der Waals surface area contributed by atoms with Crippen LogP contribution in [0.15, 0.2) is 34.5 Å². The molecule has 2 atom stereocenters. The second-order valence-electron chi connectivity index (χ2n) is 7.35. The molecule has 0 amide bonds. The number of aromatic nitrogens is 2. The highest BCUT2D eigenvalue weighted by atomic mass is 35.5. The number of rotatable bonds is 6. The van der Waals surface area contributed by atoms with Gasteiger partial charge in [0, 0.05) is 30.9 Å². The molecular weight excluding hydrogens is 478 g/mol. The van der Waals surface area contributed by atoms with E-state index in [1.165, 1.54) is 13.2 Å². The van der Waals surface area contributed by atoms with Crippen molar-refractivity contribution in [3.05, 3.63) is 34.8 Å². The SMILES string of the molecule is COc1ccc(N2C[C@@H](C)N[C@@H](C)C2)cc1NS(=O)(=O)c1ccc(-c2nsc(Cl)n2)s1. The number of nitrogens with one attached hydrogen (secondary N) is 2. The van der Waals surface area contributed by atoms with E-state index in [0.29, 0.717) is 38.7 Å². The van der Waals surface area contributed by atoms with Gasteiger partial charge in [-0.25, -0.2) is 13.4 Å². The Hall–Kier alpha value is -1.92. The third-order valence-electron chi connectivity index (χ3n) is 4.82. The van der Waals surface area contributed by atoms with Crippen LogP contribution in [-0.4, -0.2) is 50.1 Å². The van der Waals surface area contributed by atoms with Crippen molar-refractivity contribution in [3.8, 4) is 16.5 Å². The average Bonchev–Trinajstić information content (AvgIpc) is 3.36. The van der Waals surface area contributed by atoms with Gasteiger partial charge in [-0.1, -0.05) is 0 Å². The van der Waals surface area contributed by atoms with E-state index in [2.05, 4.69) is 38.1 Å². The fraction of sp³-hybridized carbons (Fsp3) is 0.368. The van der Waals surface area contributed by atoms with Gasteiger partial charge in [-0.05, 0) is 67.3 Å². The molecule has 8 nitrogen and oxygen atoms in total. The summed E-state index contributed by atoms with van der Waals surface area (Å²) in [6.07, 6.45) is 0. The Morgan fingerprint density at radius 1 is 1.23 bits per heavy atom. The highest BCUT2D eigenvalue weighted by molar-refractivity contribution is 7.94. The Bertz CT molecular complexity index is 1170. The van der Waals surface area contributed by atoms with Crippen LogP contribution in [0.3, 0.4) is 0 Å². The van der Waals surface area contributed by atoms with Gasteiger partial charge in [0.1, 0.15) is 9.96 Å². The summed E-state index contributed by atoms with van der Waals surface area (Å²) in [5.74, 6) is 0.872. The number of ether oxygens (including phenoxy) is 1. The van der Waals surface area contributed by atoms with Gasteiger partial charge in [0.25, 0.3) is 10.0 Å². The molecule has 0 unspecified atom stereocenters. The zero-order valence-electron chi connectivity index (χ0n) is 17.1. The molecule has 3 aromatic rings. The predicted molar refractivity (Wildman–Crippen MR) is 126 cm³/mol. The van der Waals surface area contributed by atoms with Crippen LogP contribution in [0.4, 0.5) is 11.4 Å². The van der Waals surface area contributed by atoms with Crippen molar-refractivity contribution in [2.45, 2.75) is 30.1 Å². The molecule has 2 N–H and O–H groups in total. The Balaban J connectivity index is 1.61. The van der Waals surface area contributed by atoms with Crippen LogP contribution >= 0.6 is 34.5 Å². The first-order valence-electron chi connectivity index (χ1n) is 9.56. The number of nitrogens with zero attached hydrogens (tertiary/aromatic N) is 3. The van der Waals surface area contributed by atoms with Crippen molar-refractivity contribution >= 4 is 55.9 Å². The Kier molecular flexibility index (Phi) is 6.40. The second kappa shape index (κ2) is 8.91. The summed E-state index contributed by atoms with van der Waals surface area (Å²) < 4.78 is 38.8. The topological polar surface area (TPSA) is 96.5 Å². The van der Waals surface area contributed by atoms with Crippen LogP contribution in [0.5, 0.6) is 5.75 Å². The number of methoxy groups -OCH3 is 1. The molecule has 12 heteroatoms. The number of benzene rings is 1. The summed E-state index contributed by atoms with van der Waals surface area (Å²) in [6.45, 7) is 5.93. The number of halogens is 1. The highest BCUT2D eigenvalue weighted by Crippen LogP contribution is 2.35. The fourth-order valence-electron chi connectivity index (χ4n) is 3.59. The zero-order valence-corrected chi connectivity index (χ0v) is 20.3. The summed E-state index contributed by atoms with van der Waals surface area (Å²) in [6, 6.07) is 9.43. The van der Waals surface area contributed by atoms with Crippen molar-refractivity contribution in [2.24, 2.45) is 0 Å². The molecule has 1 aliphatic rings. The summed E-state index contributed by atoms with van der Waals surface area (Å²) >= 11 is 7.99. The summed E-state index contributed by atoms with van der Waals surface area (Å²) in [4.78, 5) is 6.97. The van der Waals surface area contributed by atoms with E-state index in [9.17, 15) is 8.42 Å². The van der Waals surface area contributed by atoms with E-state index in [1.54, 1.807) is 12.1 Å². The predicted octanol–water partition coefficient (Wildman–Crippen LogP) is 3.92. The lowest BCUT2D eigenvalue weighted by Crippen LogP contribution is -2.54. The number of hydrogen-bond donors (Lipinski definition) is 2. The Morgan fingerprint density at radius 2 is 1.97 bits per heavy atom. The number of anilines is 2. The minimum Gasteiger partial charge on any atom is -0.495 e. The van der Waals surface area contributed by atoms with Gasteiger partial charge in [0.2, 0.25) is 4.47 Å².